The monoisotopic (exact) mass is 550 g/mol. The van der Waals surface area contributed by atoms with Crippen LogP contribution in [0.3, 0.4) is 0 Å². The predicted molar refractivity (Wildman–Crippen MR) is 127 cm³/mol. The highest BCUT2D eigenvalue weighted by molar-refractivity contribution is 7.80. The molecule has 1 aromatic heterocycles. The maximum Gasteiger partial charge on any atom is 0.573 e. The number of ether oxygens (including phenoxy) is 1. The lowest BCUT2D eigenvalue weighted by Gasteiger charge is -2.20. The van der Waals surface area contributed by atoms with Crippen LogP contribution in [-0.2, 0) is 11.2 Å². The van der Waals surface area contributed by atoms with Crippen molar-refractivity contribution in [3.8, 4) is 17.5 Å². The fourth-order valence-corrected chi connectivity index (χ4v) is 3.74. The largest absolute Gasteiger partial charge is 0.573 e. The number of benzene rings is 2. The average molecular weight is 551 g/mol. The summed E-state index contributed by atoms with van der Waals surface area (Å²) in [6, 6.07) is 11.2. The van der Waals surface area contributed by atoms with Gasteiger partial charge in [0.15, 0.2) is 5.69 Å². The Hall–Kier alpha value is -3.76. The van der Waals surface area contributed by atoms with Crippen LogP contribution in [0.4, 0.5) is 13.2 Å². The van der Waals surface area contributed by atoms with Crippen LogP contribution in [0.25, 0.3) is 5.69 Å². The maximum absolute atomic E-state index is 13.0. The third kappa shape index (κ3) is 6.72. The van der Waals surface area contributed by atoms with Gasteiger partial charge < -0.3 is 15.4 Å². The number of halogens is 4. The van der Waals surface area contributed by atoms with Gasteiger partial charge in [-0.05, 0) is 54.8 Å². The minimum absolute atomic E-state index is 0.0823. The molecule has 4 rings (SSSR count). The summed E-state index contributed by atoms with van der Waals surface area (Å²) in [4.78, 5) is 27.9. The standard InChI is InChI=1S/C23H18ClF3N6O3S/c24-16-9-13(1-6-19(16)36-23(25,26)27)10-17(21(35)31-22(12-28)7-8-22)30-20(34)18-11-29-33(32-18)14-2-4-15(37)5-3-14/h1-6,9,11,17,37H,7-8,10H2,(H,30,34)(H,31,35)/t17-/m0/s1. The first-order chi connectivity index (χ1) is 17.5. The number of alkyl halides is 3. The van der Waals surface area contributed by atoms with Crippen molar-refractivity contribution in [2.45, 2.75) is 42.1 Å². The lowest BCUT2D eigenvalue weighted by atomic mass is 10.0. The van der Waals surface area contributed by atoms with E-state index in [0.717, 1.165) is 11.0 Å². The van der Waals surface area contributed by atoms with Gasteiger partial charge in [-0.1, -0.05) is 17.7 Å². The molecule has 0 bridgehead atoms. The second-order valence-corrected chi connectivity index (χ2v) is 9.19. The van der Waals surface area contributed by atoms with Crippen molar-refractivity contribution >= 4 is 36.0 Å². The molecule has 14 heteroatoms. The first-order valence-corrected chi connectivity index (χ1v) is 11.6. The molecule has 2 aromatic carbocycles. The van der Waals surface area contributed by atoms with Crippen LogP contribution in [0, 0.1) is 11.3 Å². The van der Waals surface area contributed by atoms with Crippen molar-refractivity contribution in [3.63, 3.8) is 0 Å². The van der Waals surface area contributed by atoms with Crippen molar-refractivity contribution in [3.05, 3.63) is 64.9 Å². The SMILES string of the molecule is N#CC1(NC(=O)[C@H](Cc2ccc(OC(F)(F)F)c(Cl)c2)NC(=O)c2cnn(-c3ccc(S)cc3)n2)CC1. The second kappa shape index (κ2) is 10.3. The van der Waals surface area contributed by atoms with Gasteiger partial charge in [0.25, 0.3) is 5.91 Å². The smallest absolute Gasteiger partial charge is 0.404 e. The van der Waals surface area contributed by atoms with Crippen molar-refractivity contribution in [1.29, 1.82) is 5.26 Å². The summed E-state index contributed by atoms with van der Waals surface area (Å²) in [6.07, 6.45) is -2.92. The van der Waals surface area contributed by atoms with E-state index in [4.69, 9.17) is 11.6 Å². The maximum atomic E-state index is 13.0. The molecular formula is C23H18ClF3N6O3S. The molecule has 1 heterocycles. The molecule has 9 nitrogen and oxygen atoms in total. The Labute approximate surface area is 219 Å². The van der Waals surface area contributed by atoms with Gasteiger partial charge in [-0.25, -0.2) is 0 Å². The lowest BCUT2D eigenvalue weighted by molar-refractivity contribution is -0.274. The number of hydrogen-bond acceptors (Lipinski definition) is 7. The quantitative estimate of drug-likeness (QED) is 0.368. The summed E-state index contributed by atoms with van der Waals surface area (Å²) >= 11 is 10.1. The first-order valence-electron chi connectivity index (χ1n) is 10.8. The minimum Gasteiger partial charge on any atom is -0.404 e. The Morgan fingerprint density at radius 1 is 1.24 bits per heavy atom. The van der Waals surface area contributed by atoms with Crippen LogP contribution in [0.15, 0.2) is 53.6 Å². The molecule has 1 fully saturated rings. The number of rotatable bonds is 8. The summed E-state index contributed by atoms with van der Waals surface area (Å²) in [5.74, 6) is -1.97. The van der Waals surface area contributed by atoms with Gasteiger partial charge in [0.05, 0.1) is 23.0 Å². The zero-order valence-electron chi connectivity index (χ0n) is 18.8. The molecule has 0 radical (unpaired) electrons. The van der Waals surface area contributed by atoms with Gasteiger partial charge in [0.2, 0.25) is 5.91 Å². The minimum atomic E-state index is -4.93. The Bertz CT molecular complexity index is 1370. The number of carbonyl (C=O) groups excluding carboxylic acids is 2. The molecule has 37 heavy (non-hydrogen) atoms. The van der Waals surface area contributed by atoms with E-state index in [1.54, 1.807) is 24.3 Å². The molecule has 1 aliphatic rings. The number of nitrogens with zero attached hydrogens (tertiary/aromatic N) is 4. The van der Waals surface area contributed by atoms with Crippen molar-refractivity contribution in [2.75, 3.05) is 0 Å². The number of hydrogen-bond donors (Lipinski definition) is 3. The van der Waals surface area contributed by atoms with Gasteiger partial charge in [-0.3, -0.25) is 9.59 Å². The van der Waals surface area contributed by atoms with Crippen molar-refractivity contribution in [1.82, 2.24) is 25.6 Å². The van der Waals surface area contributed by atoms with Gasteiger partial charge in [-0.2, -0.15) is 15.2 Å². The number of nitriles is 1. The van der Waals surface area contributed by atoms with E-state index in [-0.39, 0.29) is 17.1 Å². The average Bonchev–Trinajstić information content (AvgIpc) is 3.43. The molecule has 1 atom stereocenters. The van der Waals surface area contributed by atoms with E-state index in [9.17, 15) is 28.0 Å². The Kier molecular flexibility index (Phi) is 7.33. The molecule has 0 unspecified atom stereocenters. The van der Waals surface area contributed by atoms with Gasteiger partial charge >= 0.3 is 6.36 Å². The number of nitrogens with one attached hydrogen (secondary N) is 2. The van der Waals surface area contributed by atoms with Crippen LogP contribution in [0.1, 0.15) is 28.9 Å². The van der Waals surface area contributed by atoms with E-state index >= 15 is 0 Å². The van der Waals surface area contributed by atoms with Crippen molar-refractivity contribution < 1.29 is 27.5 Å². The molecule has 0 saturated heterocycles. The van der Waals surface area contributed by atoms with Gasteiger partial charge in [-0.15, -0.1) is 30.9 Å². The number of thiol groups is 1. The number of aromatic nitrogens is 3. The second-order valence-electron chi connectivity index (χ2n) is 8.26. The van der Waals surface area contributed by atoms with Crippen LogP contribution in [0.5, 0.6) is 5.75 Å². The highest BCUT2D eigenvalue weighted by Gasteiger charge is 2.45. The van der Waals surface area contributed by atoms with Crippen LogP contribution in [0.2, 0.25) is 5.02 Å². The van der Waals surface area contributed by atoms with Gasteiger partial charge in [0, 0.05) is 11.3 Å². The molecule has 0 spiro atoms. The third-order valence-corrected chi connectivity index (χ3v) is 6.01. The molecule has 0 aliphatic heterocycles. The Balaban J connectivity index is 1.53. The van der Waals surface area contributed by atoms with Gasteiger partial charge in [0.1, 0.15) is 17.3 Å². The molecule has 2 amide bonds. The third-order valence-electron chi connectivity index (χ3n) is 5.42. The molecule has 192 valence electrons. The highest BCUT2D eigenvalue weighted by Crippen LogP contribution is 2.34. The van der Waals surface area contributed by atoms with Crippen LogP contribution in [-0.4, -0.2) is 44.8 Å². The molecule has 2 N–H and O–H groups in total. The normalized spacial score (nSPS) is 14.8. The zero-order valence-corrected chi connectivity index (χ0v) is 20.4. The number of amides is 2. The summed E-state index contributed by atoms with van der Waals surface area (Å²) in [6.45, 7) is 0. The van der Waals surface area contributed by atoms with E-state index in [2.05, 4.69) is 38.2 Å². The zero-order chi connectivity index (χ0) is 26.8. The fraction of sp³-hybridized carbons (Fsp3) is 0.261. The van der Waals surface area contributed by atoms with Crippen LogP contribution < -0.4 is 15.4 Å². The number of carbonyl (C=O) groups is 2. The predicted octanol–water partition coefficient (Wildman–Crippen LogP) is 3.62. The van der Waals surface area contributed by atoms with Crippen LogP contribution >= 0.6 is 24.2 Å². The van der Waals surface area contributed by atoms with E-state index < -0.39 is 35.5 Å². The molecule has 1 aliphatic carbocycles. The highest BCUT2D eigenvalue weighted by atomic mass is 35.5. The fourth-order valence-electron chi connectivity index (χ4n) is 3.35. The molecular weight excluding hydrogens is 533 g/mol. The molecule has 3 aromatic rings. The summed E-state index contributed by atoms with van der Waals surface area (Å²) in [7, 11) is 0. The van der Waals surface area contributed by atoms with E-state index in [1.807, 2.05) is 6.07 Å². The van der Waals surface area contributed by atoms with Crippen molar-refractivity contribution in [2.24, 2.45) is 0 Å². The van der Waals surface area contributed by atoms with E-state index in [0.29, 0.717) is 24.1 Å². The summed E-state index contributed by atoms with van der Waals surface area (Å²) in [5.41, 5.74) is -0.172. The lowest BCUT2D eigenvalue weighted by Crippen LogP contribution is -2.51. The van der Waals surface area contributed by atoms with E-state index in [1.165, 1.54) is 23.1 Å². The summed E-state index contributed by atoms with van der Waals surface area (Å²) in [5, 5.41) is 22.4. The Morgan fingerprint density at radius 2 is 1.95 bits per heavy atom. The first kappa shape index (κ1) is 26.3. The summed E-state index contributed by atoms with van der Waals surface area (Å²) < 4.78 is 41.5. The Morgan fingerprint density at radius 3 is 2.54 bits per heavy atom. The molecule has 1 saturated carbocycles. The topological polar surface area (TPSA) is 122 Å².